The molecule has 3 aromatic rings. The molecule has 0 atom stereocenters. The molecular weight excluding hydrogens is 502 g/mol. The fourth-order valence-corrected chi connectivity index (χ4v) is 6.33. The van der Waals surface area contributed by atoms with Gasteiger partial charge in [0, 0.05) is 25.3 Å². The Labute approximate surface area is 213 Å². The van der Waals surface area contributed by atoms with Gasteiger partial charge in [0.05, 0.1) is 21.0 Å². The molecule has 1 saturated heterocycles. The summed E-state index contributed by atoms with van der Waals surface area (Å²) in [5.74, 6) is -0.878. The molecule has 1 aliphatic rings. The van der Waals surface area contributed by atoms with Crippen molar-refractivity contribution < 1.29 is 27.9 Å². The molecule has 190 valence electrons. The Kier molecular flexibility index (Phi) is 7.72. The fraction of sp³-hybridized carbons (Fsp3) is 0.320. The number of amides is 1. The number of anilines is 2. The highest BCUT2D eigenvalue weighted by Gasteiger charge is 2.21. The molecule has 0 radical (unpaired) electrons. The van der Waals surface area contributed by atoms with Crippen molar-refractivity contribution in [2.24, 2.45) is 5.92 Å². The first-order chi connectivity index (χ1) is 17.1. The first-order valence-electron chi connectivity index (χ1n) is 11.4. The quantitative estimate of drug-likeness (QED) is 0.386. The number of nitrogens with one attached hydrogen (secondary N) is 2. The predicted molar refractivity (Wildman–Crippen MR) is 138 cm³/mol. The van der Waals surface area contributed by atoms with Gasteiger partial charge in [0.25, 0.3) is 10.0 Å². The zero-order valence-corrected chi connectivity index (χ0v) is 21.5. The van der Waals surface area contributed by atoms with Crippen molar-refractivity contribution in [2.75, 3.05) is 23.3 Å². The standard InChI is InChI=1S/C25H27N3O6S2/c1-15-3-4-19(14-21(15)36(32,33)28-20-7-5-18(6-8-20)24(30)31)23-16(2)26-25(35-23)27-22(29)13-17-9-11-34-12-10-17/h3-8,14,17,28H,9-13H2,1-2H3,(H,30,31)(H,26,27,29). The molecule has 0 bridgehead atoms. The average Bonchev–Trinajstić information content (AvgIpc) is 3.19. The molecule has 36 heavy (non-hydrogen) atoms. The summed E-state index contributed by atoms with van der Waals surface area (Å²) in [7, 11) is -3.94. The van der Waals surface area contributed by atoms with Crippen LogP contribution in [0.4, 0.5) is 10.8 Å². The highest BCUT2D eigenvalue weighted by Crippen LogP contribution is 2.35. The third-order valence-corrected chi connectivity index (χ3v) is 8.63. The zero-order chi connectivity index (χ0) is 25.9. The van der Waals surface area contributed by atoms with Gasteiger partial charge in [-0.05, 0) is 74.1 Å². The van der Waals surface area contributed by atoms with Gasteiger partial charge >= 0.3 is 5.97 Å². The number of benzene rings is 2. The lowest BCUT2D eigenvalue weighted by Gasteiger charge is -2.20. The summed E-state index contributed by atoms with van der Waals surface area (Å²) >= 11 is 1.30. The van der Waals surface area contributed by atoms with Crippen LogP contribution in [0, 0.1) is 19.8 Å². The van der Waals surface area contributed by atoms with Crippen LogP contribution in [-0.4, -0.2) is 43.6 Å². The van der Waals surface area contributed by atoms with Gasteiger partial charge in [0.15, 0.2) is 5.13 Å². The van der Waals surface area contributed by atoms with E-state index >= 15 is 0 Å². The Morgan fingerprint density at radius 3 is 2.47 bits per heavy atom. The van der Waals surface area contributed by atoms with Gasteiger partial charge in [-0.15, -0.1) is 0 Å². The molecule has 0 spiro atoms. The van der Waals surface area contributed by atoms with Crippen LogP contribution >= 0.6 is 11.3 Å². The van der Waals surface area contributed by atoms with E-state index in [0.29, 0.717) is 47.5 Å². The van der Waals surface area contributed by atoms with Gasteiger partial charge < -0.3 is 15.2 Å². The molecule has 1 aromatic heterocycles. The molecule has 3 N–H and O–H groups in total. The summed E-state index contributed by atoms with van der Waals surface area (Å²) in [4.78, 5) is 28.9. The minimum absolute atomic E-state index is 0.0625. The van der Waals surface area contributed by atoms with E-state index in [4.69, 9.17) is 9.84 Å². The molecule has 0 aliphatic carbocycles. The summed E-state index contributed by atoms with van der Waals surface area (Å²) in [5.41, 5.74) is 2.23. The van der Waals surface area contributed by atoms with Gasteiger partial charge in [-0.25, -0.2) is 18.2 Å². The predicted octanol–water partition coefficient (Wildman–Crippen LogP) is 4.68. The number of aryl methyl sites for hydroxylation is 2. The fourth-order valence-electron chi connectivity index (χ4n) is 4.02. The molecule has 4 rings (SSSR count). The summed E-state index contributed by atoms with van der Waals surface area (Å²) in [5, 5.41) is 12.4. The van der Waals surface area contributed by atoms with Crippen LogP contribution in [0.3, 0.4) is 0 Å². The van der Waals surface area contributed by atoms with Gasteiger partial charge in [-0.3, -0.25) is 9.52 Å². The second-order valence-corrected chi connectivity index (χ2v) is 11.4. The highest BCUT2D eigenvalue weighted by atomic mass is 32.2. The number of thiazole rings is 1. The zero-order valence-electron chi connectivity index (χ0n) is 19.9. The number of hydrogen-bond acceptors (Lipinski definition) is 7. The van der Waals surface area contributed by atoms with Crippen LogP contribution in [0.25, 0.3) is 10.4 Å². The van der Waals surface area contributed by atoms with E-state index in [2.05, 4.69) is 15.0 Å². The Hall–Kier alpha value is -3.28. The molecule has 2 heterocycles. The van der Waals surface area contributed by atoms with E-state index in [1.54, 1.807) is 19.1 Å². The molecule has 0 unspecified atom stereocenters. The van der Waals surface area contributed by atoms with Crippen molar-refractivity contribution in [1.29, 1.82) is 0 Å². The van der Waals surface area contributed by atoms with Crippen molar-refractivity contribution in [3.05, 3.63) is 59.3 Å². The second-order valence-electron chi connectivity index (χ2n) is 8.71. The highest BCUT2D eigenvalue weighted by molar-refractivity contribution is 7.92. The number of hydrogen-bond donors (Lipinski definition) is 3. The number of aromatic carboxylic acids is 1. The number of rotatable bonds is 8. The second kappa shape index (κ2) is 10.8. The molecule has 11 heteroatoms. The monoisotopic (exact) mass is 529 g/mol. The van der Waals surface area contributed by atoms with Gasteiger partial charge in [-0.1, -0.05) is 23.5 Å². The van der Waals surface area contributed by atoms with E-state index in [0.717, 1.165) is 17.7 Å². The summed E-state index contributed by atoms with van der Waals surface area (Å²) in [6, 6.07) is 10.6. The topological polar surface area (TPSA) is 135 Å². The number of ether oxygens (including phenoxy) is 1. The normalized spacial score (nSPS) is 14.4. The third-order valence-electron chi connectivity index (χ3n) is 5.98. The third kappa shape index (κ3) is 6.10. The lowest BCUT2D eigenvalue weighted by Crippen LogP contribution is -2.22. The Bertz CT molecular complexity index is 1380. The summed E-state index contributed by atoms with van der Waals surface area (Å²) in [6.45, 7) is 4.88. The number of carboxylic acids is 1. The minimum atomic E-state index is -3.94. The van der Waals surface area contributed by atoms with Crippen molar-refractivity contribution in [2.45, 2.75) is 38.0 Å². The van der Waals surface area contributed by atoms with E-state index < -0.39 is 16.0 Å². The molecule has 9 nitrogen and oxygen atoms in total. The number of nitrogens with zero attached hydrogens (tertiary/aromatic N) is 1. The van der Waals surface area contributed by atoms with Crippen LogP contribution in [0.5, 0.6) is 0 Å². The molecule has 2 aromatic carbocycles. The van der Waals surface area contributed by atoms with E-state index in [1.165, 1.54) is 35.6 Å². The average molecular weight is 530 g/mol. The summed E-state index contributed by atoms with van der Waals surface area (Å²) in [6.07, 6.45) is 2.16. The van der Waals surface area contributed by atoms with Crippen LogP contribution in [0.1, 0.15) is 40.9 Å². The molecule has 1 aliphatic heterocycles. The molecule has 1 amide bonds. The maximum absolute atomic E-state index is 13.1. The Morgan fingerprint density at radius 1 is 1.11 bits per heavy atom. The van der Waals surface area contributed by atoms with Gasteiger partial charge in [-0.2, -0.15) is 0 Å². The number of carboxylic acid groups (broad SMARTS) is 1. The van der Waals surface area contributed by atoms with Gasteiger partial charge in [0.1, 0.15) is 0 Å². The number of aromatic nitrogens is 1. The Balaban J connectivity index is 1.52. The van der Waals surface area contributed by atoms with E-state index in [9.17, 15) is 18.0 Å². The van der Waals surface area contributed by atoms with E-state index in [1.807, 2.05) is 13.0 Å². The van der Waals surface area contributed by atoms with Crippen LogP contribution in [-0.2, 0) is 19.6 Å². The van der Waals surface area contributed by atoms with Crippen molar-refractivity contribution >= 4 is 44.1 Å². The van der Waals surface area contributed by atoms with Crippen molar-refractivity contribution in [3.63, 3.8) is 0 Å². The maximum atomic E-state index is 13.1. The summed E-state index contributed by atoms with van der Waals surface area (Å²) < 4.78 is 34.1. The van der Waals surface area contributed by atoms with Crippen molar-refractivity contribution in [3.8, 4) is 10.4 Å². The smallest absolute Gasteiger partial charge is 0.335 e. The largest absolute Gasteiger partial charge is 0.478 e. The SMILES string of the molecule is Cc1ccc(-c2sc(NC(=O)CC3CCOCC3)nc2C)cc1S(=O)(=O)Nc1ccc(C(=O)O)cc1. The van der Waals surface area contributed by atoms with Crippen LogP contribution in [0.2, 0.25) is 0 Å². The van der Waals surface area contributed by atoms with Crippen LogP contribution < -0.4 is 10.0 Å². The minimum Gasteiger partial charge on any atom is -0.478 e. The lowest BCUT2D eigenvalue weighted by atomic mass is 9.96. The number of carbonyl (C=O) groups excluding carboxylic acids is 1. The first-order valence-corrected chi connectivity index (χ1v) is 13.7. The van der Waals surface area contributed by atoms with Crippen LogP contribution in [0.15, 0.2) is 47.4 Å². The van der Waals surface area contributed by atoms with Gasteiger partial charge in [0.2, 0.25) is 5.91 Å². The molecular formula is C25H27N3O6S2. The molecule has 1 fully saturated rings. The first kappa shape index (κ1) is 25.8. The van der Waals surface area contributed by atoms with E-state index in [-0.39, 0.29) is 22.1 Å². The number of sulfonamides is 1. The Morgan fingerprint density at radius 2 is 1.81 bits per heavy atom. The number of carbonyl (C=O) groups is 2. The van der Waals surface area contributed by atoms with Crippen molar-refractivity contribution in [1.82, 2.24) is 4.98 Å². The molecule has 0 saturated carbocycles. The lowest BCUT2D eigenvalue weighted by molar-refractivity contribution is -0.117. The maximum Gasteiger partial charge on any atom is 0.335 e.